The van der Waals surface area contributed by atoms with Crippen LogP contribution in [0.5, 0.6) is 0 Å². The van der Waals surface area contributed by atoms with Crippen molar-refractivity contribution < 1.29 is 43.3 Å². The van der Waals surface area contributed by atoms with Crippen molar-refractivity contribution in [1.82, 2.24) is 9.97 Å². The maximum atomic E-state index is 11.7. The summed E-state index contributed by atoms with van der Waals surface area (Å²) in [6, 6.07) is 14.7. The summed E-state index contributed by atoms with van der Waals surface area (Å²) in [5, 5.41) is 22.0. The molecule has 2 aromatic carbocycles. The lowest BCUT2D eigenvalue weighted by Gasteiger charge is -2.32. The molecular weight excluding hydrogens is 910 g/mol. The first kappa shape index (κ1) is 53.9. The Balaban J connectivity index is 0.000000237. The van der Waals surface area contributed by atoms with Crippen molar-refractivity contribution in [1.29, 1.82) is 0 Å². The second-order valence-corrected chi connectivity index (χ2v) is 19.5. The summed E-state index contributed by atoms with van der Waals surface area (Å²) in [5.74, 6) is 1.19. The molecule has 11 nitrogen and oxygen atoms in total. The van der Waals surface area contributed by atoms with Gasteiger partial charge in [0.05, 0.1) is 87.0 Å². The molecule has 0 bridgehead atoms. The fraction of sp³-hybridized carbons (Fsp3) is 0.500. The molecule has 63 heavy (non-hydrogen) atoms. The van der Waals surface area contributed by atoms with Gasteiger partial charge in [0.1, 0.15) is 0 Å². The van der Waals surface area contributed by atoms with Gasteiger partial charge in [0.25, 0.3) is 0 Å². The smallest absolute Gasteiger partial charge is 0.468 e. The van der Waals surface area contributed by atoms with Gasteiger partial charge in [-0.15, -0.1) is 0 Å². The van der Waals surface area contributed by atoms with E-state index < -0.39 is 30.2 Å². The predicted octanol–water partition coefficient (Wildman–Crippen LogP) is 11.8. The molecule has 0 amide bonds. The fourth-order valence-corrected chi connectivity index (χ4v) is 7.20. The van der Waals surface area contributed by atoms with Gasteiger partial charge < -0.3 is 33.7 Å². The van der Waals surface area contributed by atoms with Crippen LogP contribution >= 0.6 is 39.1 Å². The summed E-state index contributed by atoms with van der Waals surface area (Å²) in [7, 11) is 4.12. The van der Waals surface area contributed by atoms with E-state index in [1.54, 1.807) is 78.9 Å². The Morgan fingerprint density at radius 1 is 0.778 bits per heavy atom. The van der Waals surface area contributed by atoms with Gasteiger partial charge in [-0.3, -0.25) is 9.59 Å². The number of aromatic nitrogens is 2. The zero-order valence-electron chi connectivity index (χ0n) is 38.8. The van der Waals surface area contributed by atoms with E-state index in [2.05, 4.69) is 25.9 Å². The molecule has 2 aromatic heterocycles. The number of pyridine rings is 2. The van der Waals surface area contributed by atoms with Crippen molar-refractivity contribution >= 4 is 86.1 Å². The Morgan fingerprint density at radius 3 is 1.65 bits per heavy atom. The first-order valence-corrected chi connectivity index (χ1v) is 22.5. The summed E-state index contributed by atoms with van der Waals surface area (Å²) < 4.78 is 27.2. The Labute approximate surface area is 392 Å². The van der Waals surface area contributed by atoms with E-state index in [-0.39, 0.29) is 23.1 Å². The largest absolute Gasteiger partial charge is 0.486 e. The maximum Gasteiger partial charge on any atom is 0.486 e. The molecule has 2 atom stereocenters. The third-order valence-corrected chi connectivity index (χ3v) is 12.2. The van der Waals surface area contributed by atoms with E-state index in [1.807, 2.05) is 70.2 Å². The van der Waals surface area contributed by atoms with Crippen molar-refractivity contribution in [2.45, 2.75) is 124 Å². The minimum atomic E-state index is -0.712. The molecule has 2 N–H and O–H groups in total. The molecule has 1 aliphatic heterocycles. The zero-order chi connectivity index (χ0) is 47.5. The lowest BCUT2D eigenvalue weighted by molar-refractivity contribution is -0.148. The van der Waals surface area contributed by atoms with E-state index >= 15 is 0 Å². The number of hydrogen-bond acceptors (Lipinski definition) is 11. The van der Waals surface area contributed by atoms with Gasteiger partial charge in [-0.05, 0) is 118 Å². The highest BCUT2D eigenvalue weighted by molar-refractivity contribution is 9.10. The molecule has 0 spiro atoms. The van der Waals surface area contributed by atoms with Crippen LogP contribution in [0.25, 0.3) is 27.9 Å². The van der Waals surface area contributed by atoms with Crippen LogP contribution in [0.1, 0.15) is 124 Å². The number of hydrogen-bond donors (Lipinski definition) is 2. The molecule has 3 heterocycles. The molecule has 1 saturated heterocycles. The van der Waals surface area contributed by atoms with Gasteiger partial charge in [0.15, 0.2) is 0 Å². The van der Waals surface area contributed by atoms with Crippen molar-refractivity contribution in [2.75, 3.05) is 21.3 Å². The SMILES string of the molecule is COC(=O)C(C)(C)/C=C/B1OC(C)(C)C(C)(C)O1.COC(=O)C(C)(C)/C=C/c1ccc2c(Cl)cc([C@@H](C)O)nc2c1.COC1CCCC1.C[C@@H](O)c1cc(Cl)c2ccc(Br)cc2n1. The highest BCUT2D eigenvalue weighted by atomic mass is 79.9. The number of carbonyl (C=O) groups excluding carboxylic acids is 2. The minimum absolute atomic E-state index is 0.282. The number of ether oxygens (including phenoxy) is 3. The molecule has 2 fully saturated rings. The Kier molecular flexibility index (Phi) is 19.8. The van der Waals surface area contributed by atoms with Gasteiger partial charge >= 0.3 is 19.1 Å². The number of fused-ring (bicyclic) bond motifs is 2. The average molecular weight is 975 g/mol. The number of esters is 2. The van der Waals surface area contributed by atoms with Crippen molar-refractivity contribution in [3.8, 4) is 0 Å². The number of methoxy groups -OCH3 is 3. The van der Waals surface area contributed by atoms with Gasteiger partial charge in [0.2, 0.25) is 0 Å². The third-order valence-electron chi connectivity index (χ3n) is 11.1. The van der Waals surface area contributed by atoms with Crippen molar-refractivity contribution in [2.24, 2.45) is 10.8 Å². The van der Waals surface area contributed by atoms with Crippen LogP contribution in [0.15, 0.2) is 71.1 Å². The number of benzene rings is 2. The van der Waals surface area contributed by atoms with E-state index in [9.17, 15) is 19.8 Å². The van der Waals surface area contributed by atoms with Crippen LogP contribution in [0.2, 0.25) is 10.0 Å². The van der Waals surface area contributed by atoms with E-state index in [0.717, 1.165) is 26.3 Å². The summed E-state index contributed by atoms with van der Waals surface area (Å²) in [6.45, 7) is 18.4. The van der Waals surface area contributed by atoms with Crippen LogP contribution in [0, 0.1) is 10.8 Å². The van der Waals surface area contributed by atoms with Gasteiger partial charge in [-0.25, -0.2) is 9.97 Å². The van der Waals surface area contributed by atoms with Gasteiger partial charge in [0, 0.05) is 22.4 Å². The Hall–Kier alpha value is -3.40. The maximum absolute atomic E-state index is 11.7. The highest BCUT2D eigenvalue weighted by Crippen LogP contribution is 2.37. The number of aliphatic hydroxyl groups is 2. The van der Waals surface area contributed by atoms with Gasteiger partial charge in [-0.2, -0.15) is 0 Å². The minimum Gasteiger partial charge on any atom is -0.468 e. The highest BCUT2D eigenvalue weighted by Gasteiger charge is 2.50. The van der Waals surface area contributed by atoms with E-state index in [1.165, 1.54) is 39.9 Å². The summed E-state index contributed by atoms with van der Waals surface area (Å²) in [4.78, 5) is 32.0. The molecule has 2 aliphatic rings. The average Bonchev–Trinajstić information content (AvgIpc) is 3.83. The fourth-order valence-electron chi connectivity index (χ4n) is 6.31. The Bertz CT molecular complexity index is 2220. The summed E-state index contributed by atoms with van der Waals surface area (Å²) in [6.07, 6.45) is 10.0. The van der Waals surface area contributed by atoms with E-state index in [4.69, 9.17) is 46.7 Å². The third kappa shape index (κ3) is 15.3. The van der Waals surface area contributed by atoms with Crippen LogP contribution in [0.3, 0.4) is 0 Å². The van der Waals surface area contributed by atoms with Crippen LogP contribution in [-0.4, -0.2) is 77.9 Å². The normalized spacial score (nSPS) is 17.1. The van der Waals surface area contributed by atoms with Gasteiger partial charge in [-0.1, -0.05) is 94.4 Å². The number of nitrogens with zero attached hydrogens (tertiary/aromatic N) is 2. The lowest BCUT2D eigenvalue weighted by atomic mass is 9.83. The van der Waals surface area contributed by atoms with Crippen LogP contribution < -0.4 is 0 Å². The van der Waals surface area contributed by atoms with Crippen molar-refractivity contribution in [3.05, 3.63) is 98.1 Å². The molecular formula is C48H64BBrCl2N2O9. The quantitative estimate of drug-likeness (QED) is 0.122. The van der Waals surface area contributed by atoms with Crippen molar-refractivity contribution in [3.63, 3.8) is 0 Å². The summed E-state index contributed by atoms with van der Waals surface area (Å²) in [5.41, 5.74) is 1.37. The molecule has 1 saturated carbocycles. The number of carbonyl (C=O) groups is 2. The zero-order valence-corrected chi connectivity index (χ0v) is 41.9. The second-order valence-electron chi connectivity index (χ2n) is 17.7. The molecule has 6 rings (SSSR count). The second kappa shape index (κ2) is 23.2. The molecule has 0 radical (unpaired) electrons. The van der Waals surface area contributed by atoms with E-state index in [0.29, 0.717) is 33.1 Å². The summed E-state index contributed by atoms with van der Waals surface area (Å²) >= 11 is 15.7. The number of rotatable bonds is 9. The Morgan fingerprint density at radius 2 is 1.22 bits per heavy atom. The van der Waals surface area contributed by atoms with Crippen LogP contribution in [0.4, 0.5) is 0 Å². The molecule has 1 aliphatic carbocycles. The molecule has 4 aromatic rings. The monoisotopic (exact) mass is 972 g/mol. The topological polar surface area (TPSA) is 147 Å². The molecule has 0 unspecified atom stereocenters. The first-order chi connectivity index (χ1) is 29.3. The number of aliphatic hydroxyl groups excluding tert-OH is 2. The molecule has 344 valence electrons. The number of halogens is 3. The first-order valence-electron chi connectivity index (χ1n) is 20.9. The molecule has 15 heteroatoms. The lowest BCUT2D eigenvalue weighted by Crippen LogP contribution is -2.41. The predicted molar refractivity (Wildman–Crippen MR) is 258 cm³/mol. The standard InChI is InChI=1S/C18H20ClNO3.C13H23BO4.C11H9BrClNO.C6H12O/c1-11(21)15-10-14(19)13-6-5-12(9-16(13)20-15)7-8-18(2,3)17(22)23-4;1-11(2,10(15)16-7)8-9-14-17-12(3,4)13(5,6)18-14;1-6(15)10-5-9(13)8-3-2-7(12)4-11(8)14-10;1-7-6-4-2-3-5-6/h5-11,21H,1-4H3;8-9H,1-7H3;2-6,15H,1H3;6H,2-5H2,1H3/b8-7+;9-8+;;/t11-;;6-;/m1.1./s1. The van der Waals surface area contributed by atoms with Crippen LogP contribution in [-0.2, 0) is 33.1 Å².